The summed E-state index contributed by atoms with van der Waals surface area (Å²) in [6, 6.07) is 9.64. The average Bonchev–Trinajstić information content (AvgIpc) is 2.93. The molecule has 1 aliphatic rings. The Balaban J connectivity index is 1.66. The standard InChI is InChI=1S/C19H26N4O/c1-14-12-15(2)23(22-14)18-11-7-6-10-17(18)21-19(24)20-13-16-8-4-3-5-9-16/h6-7,10-12,16H,3-5,8-9,13H2,1-2H3,(H2,20,21,24). The Labute approximate surface area is 143 Å². The highest BCUT2D eigenvalue weighted by atomic mass is 16.2. The van der Waals surface area contributed by atoms with Crippen molar-refractivity contribution < 1.29 is 4.79 Å². The lowest BCUT2D eigenvalue weighted by molar-refractivity contribution is 0.247. The van der Waals surface area contributed by atoms with Crippen molar-refractivity contribution in [1.82, 2.24) is 15.1 Å². The molecule has 128 valence electrons. The third-order valence-corrected chi connectivity index (χ3v) is 4.67. The number of nitrogens with one attached hydrogen (secondary N) is 2. The van der Waals surface area contributed by atoms with E-state index >= 15 is 0 Å². The molecular formula is C19H26N4O. The molecule has 0 aliphatic heterocycles. The van der Waals surface area contributed by atoms with Crippen molar-refractivity contribution >= 4 is 11.7 Å². The van der Waals surface area contributed by atoms with Crippen LogP contribution in [0.3, 0.4) is 0 Å². The predicted octanol–water partition coefficient (Wildman–Crippen LogP) is 4.19. The Morgan fingerprint density at radius 1 is 1.21 bits per heavy atom. The number of hydrogen-bond donors (Lipinski definition) is 2. The zero-order valence-electron chi connectivity index (χ0n) is 14.5. The van der Waals surface area contributed by atoms with Gasteiger partial charge in [0.2, 0.25) is 0 Å². The lowest BCUT2D eigenvalue weighted by Gasteiger charge is -2.22. The van der Waals surface area contributed by atoms with E-state index in [2.05, 4.69) is 15.7 Å². The average molecular weight is 326 g/mol. The van der Waals surface area contributed by atoms with Crippen LogP contribution in [0.15, 0.2) is 30.3 Å². The van der Waals surface area contributed by atoms with E-state index in [1.54, 1.807) is 0 Å². The molecule has 24 heavy (non-hydrogen) atoms. The third kappa shape index (κ3) is 3.96. The summed E-state index contributed by atoms with van der Waals surface area (Å²) in [4.78, 5) is 12.3. The fraction of sp³-hybridized carbons (Fsp3) is 0.474. The number of amides is 2. The third-order valence-electron chi connectivity index (χ3n) is 4.67. The van der Waals surface area contributed by atoms with Gasteiger partial charge in [-0.3, -0.25) is 0 Å². The molecule has 0 spiro atoms. The first-order chi connectivity index (χ1) is 11.6. The smallest absolute Gasteiger partial charge is 0.319 e. The minimum atomic E-state index is -0.144. The molecule has 5 heteroatoms. The Kier molecular flexibility index (Phi) is 5.18. The Morgan fingerprint density at radius 2 is 1.96 bits per heavy atom. The SMILES string of the molecule is Cc1cc(C)n(-c2ccccc2NC(=O)NCC2CCCCC2)n1. The lowest BCUT2D eigenvalue weighted by Crippen LogP contribution is -2.34. The molecule has 1 aromatic heterocycles. The maximum Gasteiger partial charge on any atom is 0.319 e. The van der Waals surface area contributed by atoms with Gasteiger partial charge in [-0.1, -0.05) is 31.4 Å². The van der Waals surface area contributed by atoms with Gasteiger partial charge in [0.15, 0.2) is 0 Å². The van der Waals surface area contributed by atoms with E-state index in [0.29, 0.717) is 5.92 Å². The van der Waals surface area contributed by atoms with E-state index in [0.717, 1.165) is 29.3 Å². The van der Waals surface area contributed by atoms with Gasteiger partial charge in [0.1, 0.15) is 0 Å². The van der Waals surface area contributed by atoms with Crippen LogP contribution in [0.2, 0.25) is 0 Å². The van der Waals surface area contributed by atoms with Crippen molar-refractivity contribution in [1.29, 1.82) is 0 Å². The molecule has 1 saturated carbocycles. The molecule has 2 aromatic rings. The molecule has 0 atom stereocenters. The van der Waals surface area contributed by atoms with Gasteiger partial charge in [0, 0.05) is 12.2 Å². The van der Waals surface area contributed by atoms with Crippen LogP contribution < -0.4 is 10.6 Å². The molecule has 3 rings (SSSR count). The largest absolute Gasteiger partial charge is 0.338 e. The molecule has 1 fully saturated rings. The Bertz CT molecular complexity index is 701. The number of aromatic nitrogens is 2. The van der Waals surface area contributed by atoms with E-state index in [1.165, 1.54) is 32.1 Å². The van der Waals surface area contributed by atoms with Crippen molar-refractivity contribution in [3.8, 4) is 5.69 Å². The van der Waals surface area contributed by atoms with Crippen molar-refractivity contribution in [2.24, 2.45) is 5.92 Å². The summed E-state index contributed by atoms with van der Waals surface area (Å²) in [6.45, 7) is 4.74. The number of aryl methyl sites for hydroxylation is 2. The zero-order chi connectivity index (χ0) is 16.9. The van der Waals surface area contributed by atoms with Crippen LogP contribution in [-0.4, -0.2) is 22.4 Å². The highest BCUT2D eigenvalue weighted by molar-refractivity contribution is 5.91. The van der Waals surface area contributed by atoms with Crippen molar-refractivity contribution in [3.63, 3.8) is 0 Å². The summed E-state index contributed by atoms with van der Waals surface area (Å²) in [5.74, 6) is 0.621. The first kappa shape index (κ1) is 16.6. The van der Waals surface area contributed by atoms with Gasteiger partial charge in [-0.15, -0.1) is 0 Å². The van der Waals surface area contributed by atoms with Crippen molar-refractivity contribution in [2.75, 3.05) is 11.9 Å². The highest BCUT2D eigenvalue weighted by Gasteiger charge is 2.15. The molecule has 0 bridgehead atoms. The molecule has 0 unspecified atom stereocenters. The second kappa shape index (κ2) is 7.51. The van der Waals surface area contributed by atoms with E-state index < -0.39 is 0 Å². The quantitative estimate of drug-likeness (QED) is 0.885. The number of hydrogen-bond acceptors (Lipinski definition) is 2. The first-order valence-electron chi connectivity index (χ1n) is 8.81. The summed E-state index contributed by atoms with van der Waals surface area (Å²) >= 11 is 0. The minimum Gasteiger partial charge on any atom is -0.338 e. The van der Waals surface area contributed by atoms with Gasteiger partial charge in [-0.25, -0.2) is 9.48 Å². The summed E-state index contributed by atoms with van der Waals surface area (Å²) in [6.07, 6.45) is 6.35. The molecule has 0 saturated heterocycles. The Hall–Kier alpha value is -2.30. The predicted molar refractivity (Wildman–Crippen MR) is 96.6 cm³/mol. The molecule has 0 radical (unpaired) electrons. The van der Waals surface area contributed by atoms with Gasteiger partial charge in [-0.05, 0) is 50.8 Å². The molecule has 1 aliphatic carbocycles. The van der Waals surface area contributed by atoms with Gasteiger partial charge in [0.25, 0.3) is 0 Å². The number of para-hydroxylation sites is 2. The number of carbonyl (C=O) groups excluding carboxylic acids is 1. The maximum atomic E-state index is 12.3. The van der Waals surface area contributed by atoms with Gasteiger partial charge in [-0.2, -0.15) is 5.10 Å². The topological polar surface area (TPSA) is 59.0 Å². The second-order valence-electron chi connectivity index (χ2n) is 6.70. The summed E-state index contributed by atoms with van der Waals surface area (Å²) in [5.41, 5.74) is 3.66. The molecule has 5 nitrogen and oxygen atoms in total. The summed E-state index contributed by atoms with van der Waals surface area (Å²) < 4.78 is 1.87. The molecule has 1 heterocycles. The number of carbonyl (C=O) groups is 1. The van der Waals surface area contributed by atoms with E-state index in [4.69, 9.17) is 0 Å². The van der Waals surface area contributed by atoms with Gasteiger partial charge < -0.3 is 10.6 Å². The van der Waals surface area contributed by atoms with Crippen LogP contribution in [0, 0.1) is 19.8 Å². The number of nitrogens with zero attached hydrogens (tertiary/aromatic N) is 2. The fourth-order valence-electron chi connectivity index (χ4n) is 3.43. The van der Waals surface area contributed by atoms with Crippen molar-refractivity contribution in [2.45, 2.75) is 46.0 Å². The molecule has 2 amide bonds. The van der Waals surface area contributed by atoms with E-state index in [9.17, 15) is 4.79 Å². The molecule has 2 N–H and O–H groups in total. The van der Waals surface area contributed by atoms with Gasteiger partial charge >= 0.3 is 6.03 Å². The van der Waals surface area contributed by atoms with Crippen LogP contribution in [0.25, 0.3) is 5.69 Å². The molecule has 1 aromatic carbocycles. The number of anilines is 1. The molecular weight excluding hydrogens is 300 g/mol. The Morgan fingerprint density at radius 3 is 2.67 bits per heavy atom. The van der Waals surface area contributed by atoms with Crippen molar-refractivity contribution in [3.05, 3.63) is 41.7 Å². The second-order valence-corrected chi connectivity index (χ2v) is 6.70. The zero-order valence-corrected chi connectivity index (χ0v) is 14.5. The number of urea groups is 1. The monoisotopic (exact) mass is 326 g/mol. The minimum absolute atomic E-state index is 0.144. The number of rotatable bonds is 4. The first-order valence-corrected chi connectivity index (χ1v) is 8.81. The van der Waals surface area contributed by atoms with Crippen LogP contribution in [0.1, 0.15) is 43.5 Å². The lowest BCUT2D eigenvalue weighted by atomic mass is 9.89. The van der Waals surface area contributed by atoms with Gasteiger partial charge in [0.05, 0.1) is 17.1 Å². The fourth-order valence-corrected chi connectivity index (χ4v) is 3.43. The van der Waals surface area contributed by atoms with Crippen LogP contribution >= 0.6 is 0 Å². The summed E-state index contributed by atoms with van der Waals surface area (Å²) in [5, 5.41) is 10.5. The van der Waals surface area contributed by atoms with Crippen LogP contribution in [-0.2, 0) is 0 Å². The highest BCUT2D eigenvalue weighted by Crippen LogP contribution is 2.23. The summed E-state index contributed by atoms with van der Waals surface area (Å²) in [7, 11) is 0. The normalized spacial score (nSPS) is 15.2. The van der Waals surface area contributed by atoms with Crippen LogP contribution in [0.5, 0.6) is 0 Å². The van der Waals surface area contributed by atoms with Crippen LogP contribution in [0.4, 0.5) is 10.5 Å². The maximum absolute atomic E-state index is 12.3. The van der Waals surface area contributed by atoms with E-state index in [-0.39, 0.29) is 6.03 Å². The van der Waals surface area contributed by atoms with E-state index in [1.807, 2.05) is 48.9 Å². The number of benzene rings is 1.